The number of nitrogens with one attached hydrogen (secondary N) is 1. The summed E-state index contributed by atoms with van der Waals surface area (Å²) in [7, 11) is 0. The Morgan fingerprint density at radius 3 is 2.86 bits per heavy atom. The Hall–Kier alpha value is -2.36. The van der Waals surface area contributed by atoms with Crippen LogP contribution in [0.1, 0.15) is 32.3 Å². The Balaban J connectivity index is 2.36. The molecule has 0 spiro atoms. The van der Waals surface area contributed by atoms with Crippen molar-refractivity contribution in [1.82, 2.24) is 5.43 Å². The average molecular weight is 284 g/mol. The Labute approximate surface area is 124 Å². The molecule has 110 valence electrons. The van der Waals surface area contributed by atoms with Crippen LogP contribution < -0.4 is 10.2 Å². The highest BCUT2D eigenvalue weighted by molar-refractivity contribution is 6.02. The van der Waals surface area contributed by atoms with Gasteiger partial charge in [0.2, 0.25) is 5.91 Å². The van der Waals surface area contributed by atoms with E-state index in [2.05, 4.69) is 17.5 Å². The maximum Gasteiger partial charge on any atom is 0.236 e. The van der Waals surface area contributed by atoms with Crippen molar-refractivity contribution in [2.45, 2.75) is 26.7 Å². The summed E-state index contributed by atoms with van der Waals surface area (Å²) < 4.78 is 5.84. The lowest BCUT2D eigenvalue weighted by atomic mass is 10.0. The van der Waals surface area contributed by atoms with Gasteiger partial charge in [0.15, 0.2) is 0 Å². The van der Waals surface area contributed by atoms with Gasteiger partial charge >= 0.3 is 0 Å². The quantitative estimate of drug-likeness (QED) is 0.501. The van der Waals surface area contributed by atoms with Crippen LogP contribution in [0, 0.1) is 0 Å². The van der Waals surface area contributed by atoms with E-state index in [1.54, 1.807) is 6.21 Å². The Kier molecular flexibility index (Phi) is 5.32. The summed E-state index contributed by atoms with van der Waals surface area (Å²) in [5.41, 5.74) is 3.32. The van der Waals surface area contributed by atoms with Gasteiger partial charge in [-0.2, -0.15) is 5.10 Å². The van der Waals surface area contributed by atoms with E-state index in [0.717, 1.165) is 34.9 Å². The van der Waals surface area contributed by atoms with E-state index >= 15 is 0 Å². The number of ether oxygens (including phenoxy) is 1. The van der Waals surface area contributed by atoms with Crippen molar-refractivity contribution < 1.29 is 9.53 Å². The van der Waals surface area contributed by atoms with E-state index in [0.29, 0.717) is 6.61 Å². The van der Waals surface area contributed by atoms with Gasteiger partial charge in [0.1, 0.15) is 5.75 Å². The molecular weight excluding hydrogens is 264 g/mol. The van der Waals surface area contributed by atoms with Crippen molar-refractivity contribution in [3.8, 4) is 5.75 Å². The molecule has 0 atom stereocenters. The zero-order chi connectivity index (χ0) is 15.1. The minimum atomic E-state index is -0.195. The molecule has 0 saturated carbocycles. The number of amides is 1. The highest BCUT2D eigenvalue weighted by atomic mass is 16.5. The number of nitrogens with zero attached hydrogens (tertiary/aromatic N) is 1. The normalized spacial score (nSPS) is 11.0. The van der Waals surface area contributed by atoms with Crippen LogP contribution in [0.15, 0.2) is 41.5 Å². The van der Waals surface area contributed by atoms with Crippen LogP contribution in [-0.4, -0.2) is 18.7 Å². The van der Waals surface area contributed by atoms with Gasteiger partial charge in [0, 0.05) is 12.5 Å². The molecule has 0 saturated heterocycles. The fourth-order valence-corrected chi connectivity index (χ4v) is 2.05. The zero-order valence-electron chi connectivity index (χ0n) is 12.4. The van der Waals surface area contributed by atoms with Gasteiger partial charge in [-0.15, -0.1) is 0 Å². The highest BCUT2D eigenvalue weighted by Gasteiger charge is 2.07. The first kappa shape index (κ1) is 15.0. The molecule has 0 aliphatic carbocycles. The Morgan fingerprint density at radius 2 is 2.10 bits per heavy atom. The SMILES string of the molecule is CCCCOc1ccc2ccccc2c1/C=N\NC(C)=O. The minimum absolute atomic E-state index is 0.195. The second-order valence-corrected chi connectivity index (χ2v) is 4.83. The molecule has 0 aromatic heterocycles. The number of hydrazone groups is 1. The topological polar surface area (TPSA) is 50.7 Å². The lowest BCUT2D eigenvalue weighted by Gasteiger charge is -2.11. The van der Waals surface area contributed by atoms with E-state index in [1.165, 1.54) is 6.92 Å². The lowest BCUT2D eigenvalue weighted by Crippen LogP contribution is -2.12. The third-order valence-corrected chi connectivity index (χ3v) is 3.10. The fraction of sp³-hybridized carbons (Fsp3) is 0.294. The maximum atomic E-state index is 10.9. The van der Waals surface area contributed by atoms with Gasteiger partial charge in [-0.05, 0) is 23.3 Å². The Bertz CT molecular complexity index is 650. The molecule has 21 heavy (non-hydrogen) atoms. The average Bonchev–Trinajstić information content (AvgIpc) is 2.48. The molecule has 0 aliphatic heterocycles. The largest absolute Gasteiger partial charge is 0.493 e. The van der Waals surface area contributed by atoms with E-state index in [9.17, 15) is 4.79 Å². The number of hydrogen-bond acceptors (Lipinski definition) is 3. The highest BCUT2D eigenvalue weighted by Crippen LogP contribution is 2.26. The van der Waals surface area contributed by atoms with Gasteiger partial charge in [-0.25, -0.2) is 5.43 Å². The van der Waals surface area contributed by atoms with Crippen molar-refractivity contribution in [3.63, 3.8) is 0 Å². The second kappa shape index (κ2) is 7.43. The van der Waals surface area contributed by atoms with Gasteiger partial charge < -0.3 is 4.74 Å². The molecule has 0 aliphatic rings. The number of carbonyl (C=O) groups excluding carboxylic acids is 1. The predicted molar refractivity (Wildman–Crippen MR) is 85.8 cm³/mol. The van der Waals surface area contributed by atoms with Crippen LogP contribution in [0.25, 0.3) is 10.8 Å². The van der Waals surface area contributed by atoms with E-state index in [4.69, 9.17) is 4.74 Å². The van der Waals surface area contributed by atoms with Crippen LogP contribution in [0.3, 0.4) is 0 Å². The summed E-state index contributed by atoms with van der Waals surface area (Å²) in [5.74, 6) is 0.594. The molecule has 0 radical (unpaired) electrons. The molecule has 0 heterocycles. The van der Waals surface area contributed by atoms with Crippen molar-refractivity contribution >= 4 is 22.9 Å². The van der Waals surface area contributed by atoms with Crippen molar-refractivity contribution in [2.24, 2.45) is 5.10 Å². The van der Waals surface area contributed by atoms with E-state index in [-0.39, 0.29) is 5.91 Å². The van der Waals surface area contributed by atoms with Crippen LogP contribution in [0.2, 0.25) is 0 Å². The fourth-order valence-electron chi connectivity index (χ4n) is 2.05. The summed E-state index contributed by atoms with van der Waals surface area (Å²) >= 11 is 0. The number of hydrogen-bond donors (Lipinski definition) is 1. The minimum Gasteiger partial charge on any atom is -0.493 e. The second-order valence-electron chi connectivity index (χ2n) is 4.83. The van der Waals surface area contributed by atoms with Crippen LogP contribution in [-0.2, 0) is 4.79 Å². The van der Waals surface area contributed by atoms with Crippen LogP contribution >= 0.6 is 0 Å². The van der Waals surface area contributed by atoms with Crippen LogP contribution in [0.5, 0.6) is 5.75 Å². The smallest absolute Gasteiger partial charge is 0.236 e. The van der Waals surface area contributed by atoms with Gasteiger partial charge in [0.25, 0.3) is 0 Å². The molecule has 0 bridgehead atoms. The molecule has 0 unspecified atom stereocenters. The van der Waals surface area contributed by atoms with Gasteiger partial charge in [-0.3, -0.25) is 4.79 Å². The van der Waals surface area contributed by atoms with Crippen molar-refractivity contribution in [3.05, 3.63) is 42.0 Å². The lowest BCUT2D eigenvalue weighted by molar-refractivity contribution is -0.118. The first-order chi connectivity index (χ1) is 10.2. The van der Waals surface area contributed by atoms with Gasteiger partial charge in [0.05, 0.1) is 12.8 Å². The molecule has 2 rings (SSSR count). The zero-order valence-corrected chi connectivity index (χ0v) is 12.4. The first-order valence-corrected chi connectivity index (χ1v) is 7.16. The monoisotopic (exact) mass is 284 g/mol. The molecular formula is C17H20N2O2. The summed E-state index contributed by atoms with van der Waals surface area (Å²) in [6, 6.07) is 12.0. The van der Waals surface area contributed by atoms with E-state index < -0.39 is 0 Å². The molecule has 1 amide bonds. The third-order valence-electron chi connectivity index (χ3n) is 3.10. The first-order valence-electron chi connectivity index (χ1n) is 7.16. The van der Waals surface area contributed by atoms with Crippen molar-refractivity contribution in [2.75, 3.05) is 6.61 Å². The summed E-state index contributed by atoms with van der Waals surface area (Å²) in [6.07, 6.45) is 3.74. The van der Waals surface area contributed by atoms with Crippen molar-refractivity contribution in [1.29, 1.82) is 0 Å². The standard InChI is InChI=1S/C17H20N2O2/c1-3-4-11-21-17-10-9-14-7-5-6-8-15(14)16(17)12-18-19-13(2)20/h5-10,12H,3-4,11H2,1-2H3,(H,19,20)/b18-12-. The number of rotatable bonds is 6. The Morgan fingerprint density at radius 1 is 1.29 bits per heavy atom. The molecule has 1 N–H and O–H groups in total. The number of benzene rings is 2. The third kappa shape index (κ3) is 4.05. The number of unbranched alkanes of at least 4 members (excludes halogenated alkanes) is 1. The molecule has 2 aromatic rings. The summed E-state index contributed by atoms with van der Waals surface area (Å²) in [6.45, 7) is 4.23. The summed E-state index contributed by atoms with van der Waals surface area (Å²) in [4.78, 5) is 10.9. The molecule has 0 fully saturated rings. The number of carbonyl (C=O) groups is 1. The summed E-state index contributed by atoms with van der Waals surface area (Å²) in [5, 5.41) is 6.15. The maximum absolute atomic E-state index is 10.9. The predicted octanol–water partition coefficient (Wildman–Crippen LogP) is 3.49. The molecule has 4 heteroatoms. The van der Waals surface area contributed by atoms with Crippen LogP contribution in [0.4, 0.5) is 0 Å². The number of fused-ring (bicyclic) bond motifs is 1. The molecule has 4 nitrogen and oxygen atoms in total. The van der Waals surface area contributed by atoms with Gasteiger partial charge in [-0.1, -0.05) is 43.7 Å². The van der Waals surface area contributed by atoms with E-state index in [1.807, 2.05) is 36.4 Å². The molecule has 2 aromatic carbocycles.